The molecule has 2 rings (SSSR count). The number of rotatable bonds is 4. The molecule has 1 aromatic carbocycles. The van der Waals surface area contributed by atoms with E-state index in [1.165, 1.54) is 12.1 Å². The van der Waals surface area contributed by atoms with Crippen molar-refractivity contribution in [2.45, 2.75) is 32.7 Å². The first kappa shape index (κ1) is 16.7. The van der Waals surface area contributed by atoms with Crippen LogP contribution < -0.4 is 5.32 Å². The van der Waals surface area contributed by atoms with Crippen LogP contribution in [-0.2, 0) is 0 Å². The molecule has 0 aromatic heterocycles. The highest BCUT2D eigenvalue weighted by atomic mass is 127. The number of carbonyl (C=O) groups is 1. The quantitative estimate of drug-likeness (QED) is 0.782. The van der Waals surface area contributed by atoms with Gasteiger partial charge in [0.05, 0.1) is 5.56 Å². The molecule has 3 nitrogen and oxygen atoms in total. The lowest BCUT2D eigenvalue weighted by atomic mass is 9.96. The average molecular weight is 404 g/mol. The van der Waals surface area contributed by atoms with Crippen molar-refractivity contribution in [2.75, 3.05) is 19.6 Å². The molecule has 1 N–H and O–H groups in total. The Bertz CT molecular complexity index is 501. The Balaban J connectivity index is 2.14. The number of benzene rings is 1. The van der Waals surface area contributed by atoms with Gasteiger partial charge in [-0.2, -0.15) is 0 Å². The van der Waals surface area contributed by atoms with Gasteiger partial charge in [0, 0.05) is 16.2 Å². The lowest BCUT2D eigenvalue weighted by Crippen LogP contribution is -2.43. The lowest BCUT2D eigenvalue weighted by Gasteiger charge is -2.33. The van der Waals surface area contributed by atoms with Gasteiger partial charge >= 0.3 is 0 Å². The van der Waals surface area contributed by atoms with Gasteiger partial charge in [-0.15, -0.1) is 0 Å². The molecule has 1 aromatic rings. The summed E-state index contributed by atoms with van der Waals surface area (Å²) in [6.07, 6.45) is 2.22. The molecule has 1 amide bonds. The minimum Gasteiger partial charge on any atom is -0.336 e. The third kappa shape index (κ3) is 4.39. The van der Waals surface area contributed by atoms with Crippen LogP contribution >= 0.6 is 22.6 Å². The van der Waals surface area contributed by atoms with Crippen molar-refractivity contribution in [3.8, 4) is 0 Å². The van der Waals surface area contributed by atoms with Crippen LogP contribution in [0.3, 0.4) is 0 Å². The van der Waals surface area contributed by atoms with Crippen molar-refractivity contribution in [1.82, 2.24) is 10.2 Å². The monoisotopic (exact) mass is 404 g/mol. The molecular formula is C16H22FIN2O. The van der Waals surface area contributed by atoms with E-state index in [1.807, 2.05) is 41.3 Å². The second-order valence-corrected chi connectivity index (χ2v) is 7.03. The summed E-state index contributed by atoms with van der Waals surface area (Å²) in [4.78, 5) is 14.7. The summed E-state index contributed by atoms with van der Waals surface area (Å²) in [5.74, 6) is 0.258. The molecule has 0 atom stereocenters. The van der Waals surface area contributed by atoms with Crippen LogP contribution in [0.2, 0.25) is 0 Å². The summed E-state index contributed by atoms with van der Waals surface area (Å²) in [6.45, 7) is 6.91. The van der Waals surface area contributed by atoms with Crippen LogP contribution in [0, 0.1) is 15.3 Å². The van der Waals surface area contributed by atoms with E-state index < -0.39 is 0 Å². The van der Waals surface area contributed by atoms with Gasteiger partial charge in [-0.25, -0.2) is 4.39 Å². The summed E-state index contributed by atoms with van der Waals surface area (Å²) in [5, 5.41) is 3.35. The van der Waals surface area contributed by atoms with Crippen molar-refractivity contribution in [3.05, 3.63) is 33.1 Å². The third-order valence-electron chi connectivity index (χ3n) is 3.96. The van der Waals surface area contributed by atoms with E-state index in [0.717, 1.165) is 32.5 Å². The van der Waals surface area contributed by atoms with Crippen molar-refractivity contribution in [3.63, 3.8) is 0 Å². The van der Waals surface area contributed by atoms with Gasteiger partial charge in [-0.3, -0.25) is 4.79 Å². The third-order valence-corrected chi connectivity index (χ3v) is 4.85. The van der Waals surface area contributed by atoms with Crippen molar-refractivity contribution in [2.24, 2.45) is 5.92 Å². The van der Waals surface area contributed by atoms with Crippen LogP contribution in [0.15, 0.2) is 18.2 Å². The van der Waals surface area contributed by atoms with Crippen LogP contribution in [0.25, 0.3) is 0 Å². The van der Waals surface area contributed by atoms with Gasteiger partial charge in [-0.05, 0) is 86.5 Å². The number of halogens is 2. The number of piperidine rings is 1. The molecule has 0 spiro atoms. The van der Waals surface area contributed by atoms with E-state index in [2.05, 4.69) is 5.32 Å². The zero-order valence-corrected chi connectivity index (χ0v) is 14.7. The summed E-state index contributed by atoms with van der Waals surface area (Å²) in [7, 11) is 0. The number of nitrogens with zero attached hydrogens (tertiary/aromatic N) is 1. The summed E-state index contributed by atoms with van der Waals surface area (Å²) < 4.78 is 13.9. The molecule has 0 bridgehead atoms. The topological polar surface area (TPSA) is 32.3 Å². The van der Waals surface area contributed by atoms with Gasteiger partial charge in [0.15, 0.2) is 0 Å². The molecule has 0 radical (unpaired) electrons. The number of amides is 1. The molecule has 1 saturated heterocycles. The Hall–Kier alpha value is -0.690. The van der Waals surface area contributed by atoms with Crippen molar-refractivity contribution >= 4 is 28.5 Å². The van der Waals surface area contributed by atoms with Crippen molar-refractivity contribution < 1.29 is 9.18 Å². The van der Waals surface area contributed by atoms with E-state index in [4.69, 9.17) is 0 Å². The van der Waals surface area contributed by atoms with Gasteiger partial charge < -0.3 is 10.2 Å². The van der Waals surface area contributed by atoms with E-state index in [9.17, 15) is 9.18 Å². The second-order valence-electron chi connectivity index (χ2n) is 5.87. The SMILES string of the molecule is CC(C)N(CC1CCNCC1)C(=O)c1ccc(F)cc1I. The fourth-order valence-corrected chi connectivity index (χ4v) is 3.40. The minimum atomic E-state index is -0.301. The van der Waals surface area contributed by atoms with Crippen LogP contribution in [0.1, 0.15) is 37.0 Å². The molecule has 21 heavy (non-hydrogen) atoms. The highest BCUT2D eigenvalue weighted by Gasteiger charge is 2.25. The number of hydrogen-bond donors (Lipinski definition) is 1. The smallest absolute Gasteiger partial charge is 0.255 e. The molecule has 1 heterocycles. The Morgan fingerprint density at radius 3 is 2.67 bits per heavy atom. The molecule has 1 fully saturated rings. The number of carbonyl (C=O) groups excluding carboxylic acids is 1. The number of hydrogen-bond acceptors (Lipinski definition) is 2. The van der Waals surface area contributed by atoms with E-state index in [-0.39, 0.29) is 17.8 Å². The largest absolute Gasteiger partial charge is 0.336 e. The number of nitrogens with one attached hydrogen (secondary N) is 1. The van der Waals surface area contributed by atoms with E-state index in [1.54, 1.807) is 6.07 Å². The molecule has 116 valence electrons. The second kappa shape index (κ2) is 7.54. The maximum absolute atomic E-state index is 13.2. The summed E-state index contributed by atoms with van der Waals surface area (Å²) in [6, 6.07) is 4.51. The predicted octanol–water partition coefficient (Wildman–Crippen LogP) is 3.28. The summed E-state index contributed by atoms with van der Waals surface area (Å²) >= 11 is 2.03. The first-order chi connectivity index (χ1) is 9.99. The molecule has 1 aliphatic rings. The van der Waals surface area contributed by atoms with Gasteiger partial charge in [0.1, 0.15) is 5.82 Å². The first-order valence-electron chi connectivity index (χ1n) is 7.45. The first-order valence-corrected chi connectivity index (χ1v) is 8.53. The van der Waals surface area contributed by atoms with Crippen LogP contribution in [0.5, 0.6) is 0 Å². The Labute approximate surface area is 139 Å². The maximum Gasteiger partial charge on any atom is 0.255 e. The highest BCUT2D eigenvalue weighted by molar-refractivity contribution is 14.1. The molecule has 0 unspecified atom stereocenters. The van der Waals surface area contributed by atoms with E-state index in [0.29, 0.717) is 15.1 Å². The standard InChI is InChI=1S/C16H22FIN2O/c1-11(2)20(10-12-5-7-19-8-6-12)16(21)14-4-3-13(17)9-15(14)18/h3-4,9,11-12,19H,5-8,10H2,1-2H3. The maximum atomic E-state index is 13.2. The van der Waals surface area contributed by atoms with Crippen LogP contribution in [0.4, 0.5) is 4.39 Å². The minimum absolute atomic E-state index is 0.00735. The molecular weight excluding hydrogens is 382 g/mol. The lowest BCUT2D eigenvalue weighted by molar-refractivity contribution is 0.0657. The van der Waals surface area contributed by atoms with Crippen molar-refractivity contribution in [1.29, 1.82) is 0 Å². The molecule has 0 saturated carbocycles. The molecule has 0 aliphatic carbocycles. The zero-order chi connectivity index (χ0) is 15.4. The Morgan fingerprint density at radius 2 is 2.10 bits per heavy atom. The normalized spacial score (nSPS) is 16.2. The fourth-order valence-electron chi connectivity index (χ4n) is 2.69. The highest BCUT2D eigenvalue weighted by Crippen LogP contribution is 2.20. The van der Waals surface area contributed by atoms with Gasteiger partial charge in [0.25, 0.3) is 5.91 Å². The van der Waals surface area contributed by atoms with E-state index >= 15 is 0 Å². The molecule has 5 heteroatoms. The Morgan fingerprint density at radius 1 is 1.43 bits per heavy atom. The van der Waals surface area contributed by atoms with Crippen LogP contribution in [-0.4, -0.2) is 36.5 Å². The predicted molar refractivity (Wildman–Crippen MR) is 90.9 cm³/mol. The average Bonchev–Trinajstić information content (AvgIpc) is 2.45. The zero-order valence-electron chi connectivity index (χ0n) is 12.5. The van der Waals surface area contributed by atoms with Gasteiger partial charge in [-0.1, -0.05) is 0 Å². The van der Waals surface area contributed by atoms with Gasteiger partial charge in [0.2, 0.25) is 0 Å². The Kier molecular flexibility index (Phi) is 5.98. The molecule has 1 aliphatic heterocycles. The summed E-state index contributed by atoms with van der Waals surface area (Å²) in [5.41, 5.74) is 0.597. The fraction of sp³-hybridized carbons (Fsp3) is 0.562.